The van der Waals surface area contributed by atoms with Crippen LogP contribution >= 0.6 is 11.6 Å². The van der Waals surface area contributed by atoms with Crippen molar-refractivity contribution in [3.8, 4) is 0 Å². The Morgan fingerprint density at radius 1 is 1.44 bits per heavy atom. The summed E-state index contributed by atoms with van der Waals surface area (Å²) in [5.41, 5.74) is 7.02. The molecule has 0 spiro atoms. The third kappa shape index (κ3) is 2.31. The van der Waals surface area contributed by atoms with Crippen LogP contribution in [-0.2, 0) is 6.54 Å². The molecule has 0 fully saturated rings. The summed E-state index contributed by atoms with van der Waals surface area (Å²) in [7, 11) is 0. The van der Waals surface area contributed by atoms with Crippen LogP contribution in [-0.4, -0.2) is 15.0 Å². The molecular formula is C12H14ClFN4. The molecule has 1 heterocycles. The van der Waals surface area contributed by atoms with E-state index in [-0.39, 0.29) is 17.5 Å². The van der Waals surface area contributed by atoms with E-state index in [4.69, 9.17) is 17.3 Å². The second-order valence-electron chi connectivity index (χ2n) is 4.39. The Morgan fingerprint density at radius 2 is 2.17 bits per heavy atom. The van der Waals surface area contributed by atoms with Gasteiger partial charge >= 0.3 is 0 Å². The molecule has 0 saturated carbocycles. The van der Waals surface area contributed by atoms with Crippen molar-refractivity contribution >= 4 is 17.4 Å². The van der Waals surface area contributed by atoms with Gasteiger partial charge in [0.1, 0.15) is 5.82 Å². The van der Waals surface area contributed by atoms with E-state index in [2.05, 4.69) is 10.3 Å². The van der Waals surface area contributed by atoms with Crippen LogP contribution in [0.15, 0.2) is 18.2 Å². The van der Waals surface area contributed by atoms with E-state index >= 15 is 0 Å². The van der Waals surface area contributed by atoms with Crippen molar-refractivity contribution in [1.29, 1.82) is 0 Å². The van der Waals surface area contributed by atoms with Gasteiger partial charge in [-0.05, 0) is 12.0 Å². The molecule has 0 aliphatic carbocycles. The third-order valence-electron chi connectivity index (χ3n) is 2.70. The Labute approximate surface area is 110 Å². The van der Waals surface area contributed by atoms with Gasteiger partial charge in [-0.3, -0.25) is 0 Å². The van der Waals surface area contributed by atoms with Gasteiger partial charge < -0.3 is 5.73 Å². The van der Waals surface area contributed by atoms with Gasteiger partial charge in [0.2, 0.25) is 0 Å². The minimum absolute atomic E-state index is 0.103. The standard InChI is InChI=1S/C12H14ClFN4/c1-7(2)11-12(15)16-17-18(11)6-8-4-3-5-9(13)10(8)14/h3-5,7H,6,15H2,1-2H3. The topological polar surface area (TPSA) is 56.7 Å². The Kier molecular flexibility index (Phi) is 3.52. The van der Waals surface area contributed by atoms with Gasteiger partial charge in [0, 0.05) is 5.56 Å². The molecule has 4 nitrogen and oxygen atoms in total. The fraction of sp³-hybridized carbons (Fsp3) is 0.333. The van der Waals surface area contributed by atoms with E-state index < -0.39 is 5.82 Å². The first-order valence-corrected chi connectivity index (χ1v) is 6.00. The highest BCUT2D eigenvalue weighted by Gasteiger charge is 2.15. The van der Waals surface area contributed by atoms with Gasteiger partial charge in [-0.15, -0.1) is 5.10 Å². The summed E-state index contributed by atoms with van der Waals surface area (Å²) in [6.45, 7) is 4.24. The summed E-state index contributed by atoms with van der Waals surface area (Å²) < 4.78 is 15.4. The Bertz CT molecular complexity index is 565. The predicted octanol–water partition coefficient (Wildman–Crippen LogP) is 2.82. The van der Waals surface area contributed by atoms with Crippen LogP contribution in [0.2, 0.25) is 5.02 Å². The average Bonchev–Trinajstić information content (AvgIpc) is 2.66. The van der Waals surface area contributed by atoms with Gasteiger partial charge in [-0.25, -0.2) is 9.07 Å². The minimum atomic E-state index is -0.428. The first-order chi connectivity index (χ1) is 8.50. The number of rotatable bonds is 3. The van der Waals surface area contributed by atoms with E-state index in [0.717, 1.165) is 5.69 Å². The molecule has 6 heteroatoms. The maximum atomic E-state index is 13.8. The lowest BCUT2D eigenvalue weighted by Crippen LogP contribution is -2.10. The van der Waals surface area contributed by atoms with E-state index in [1.165, 1.54) is 6.07 Å². The van der Waals surface area contributed by atoms with Crippen molar-refractivity contribution < 1.29 is 4.39 Å². The van der Waals surface area contributed by atoms with Crippen LogP contribution in [0.3, 0.4) is 0 Å². The average molecular weight is 269 g/mol. The van der Waals surface area contributed by atoms with Gasteiger partial charge in [0.25, 0.3) is 0 Å². The molecule has 0 atom stereocenters. The number of anilines is 1. The number of benzene rings is 1. The van der Waals surface area contributed by atoms with Gasteiger partial charge in [-0.1, -0.05) is 42.8 Å². The smallest absolute Gasteiger partial charge is 0.169 e. The zero-order valence-corrected chi connectivity index (χ0v) is 10.9. The van der Waals surface area contributed by atoms with Gasteiger partial charge in [-0.2, -0.15) is 0 Å². The van der Waals surface area contributed by atoms with Crippen LogP contribution in [0, 0.1) is 5.82 Å². The largest absolute Gasteiger partial charge is 0.381 e. The molecule has 0 aliphatic rings. The lowest BCUT2D eigenvalue weighted by atomic mass is 10.1. The van der Waals surface area contributed by atoms with Crippen LogP contribution < -0.4 is 5.73 Å². The number of halogens is 2. The van der Waals surface area contributed by atoms with Crippen LogP contribution in [0.25, 0.3) is 0 Å². The second kappa shape index (κ2) is 4.94. The predicted molar refractivity (Wildman–Crippen MR) is 69.0 cm³/mol. The number of nitrogens with two attached hydrogens (primary N) is 1. The molecule has 0 radical (unpaired) electrons. The fourth-order valence-electron chi connectivity index (χ4n) is 1.88. The molecular weight excluding hydrogens is 255 g/mol. The number of aromatic nitrogens is 3. The van der Waals surface area contributed by atoms with Crippen LogP contribution in [0.5, 0.6) is 0 Å². The normalized spacial score (nSPS) is 11.2. The SMILES string of the molecule is CC(C)c1c(N)nnn1Cc1cccc(Cl)c1F. The monoisotopic (exact) mass is 268 g/mol. The molecule has 0 saturated heterocycles. The summed E-state index contributed by atoms with van der Waals surface area (Å²) in [6, 6.07) is 4.89. The molecule has 0 unspecified atom stereocenters. The first kappa shape index (κ1) is 12.8. The highest BCUT2D eigenvalue weighted by molar-refractivity contribution is 6.30. The quantitative estimate of drug-likeness (QED) is 0.931. The summed E-state index contributed by atoms with van der Waals surface area (Å²) in [4.78, 5) is 0. The summed E-state index contributed by atoms with van der Waals surface area (Å²) >= 11 is 5.74. The molecule has 0 aliphatic heterocycles. The molecule has 96 valence electrons. The van der Waals surface area contributed by atoms with Crippen molar-refractivity contribution in [1.82, 2.24) is 15.0 Å². The van der Waals surface area contributed by atoms with Crippen molar-refractivity contribution in [3.05, 3.63) is 40.3 Å². The molecule has 2 N–H and O–H groups in total. The number of hydrogen-bond donors (Lipinski definition) is 1. The highest BCUT2D eigenvalue weighted by atomic mass is 35.5. The van der Waals surface area contributed by atoms with E-state index in [0.29, 0.717) is 11.4 Å². The highest BCUT2D eigenvalue weighted by Crippen LogP contribution is 2.22. The lowest BCUT2D eigenvalue weighted by molar-refractivity contribution is 0.557. The Morgan fingerprint density at radius 3 is 2.83 bits per heavy atom. The summed E-state index contributed by atoms with van der Waals surface area (Å²) in [5, 5.41) is 7.86. The van der Waals surface area contributed by atoms with Crippen molar-refractivity contribution in [3.63, 3.8) is 0 Å². The number of hydrogen-bond acceptors (Lipinski definition) is 3. The van der Waals surface area contributed by atoms with Crippen molar-refractivity contribution in [2.75, 3.05) is 5.73 Å². The van der Waals surface area contributed by atoms with Crippen molar-refractivity contribution in [2.24, 2.45) is 0 Å². The lowest BCUT2D eigenvalue weighted by Gasteiger charge is -2.10. The molecule has 1 aromatic heterocycles. The van der Waals surface area contributed by atoms with Crippen molar-refractivity contribution in [2.45, 2.75) is 26.3 Å². The number of nitrogens with zero attached hydrogens (tertiary/aromatic N) is 3. The van der Waals surface area contributed by atoms with E-state index in [1.807, 2.05) is 13.8 Å². The summed E-state index contributed by atoms with van der Waals surface area (Å²) in [6.07, 6.45) is 0. The van der Waals surface area contributed by atoms with E-state index in [9.17, 15) is 4.39 Å². The zero-order chi connectivity index (χ0) is 13.3. The van der Waals surface area contributed by atoms with E-state index in [1.54, 1.807) is 16.8 Å². The Hall–Kier alpha value is -1.62. The minimum Gasteiger partial charge on any atom is -0.381 e. The van der Waals surface area contributed by atoms with Gasteiger partial charge in [0.15, 0.2) is 5.82 Å². The first-order valence-electron chi connectivity index (χ1n) is 5.62. The number of nitrogen functional groups attached to an aromatic ring is 1. The Balaban J connectivity index is 2.37. The molecule has 2 rings (SSSR count). The zero-order valence-electron chi connectivity index (χ0n) is 10.2. The molecule has 18 heavy (non-hydrogen) atoms. The second-order valence-corrected chi connectivity index (χ2v) is 4.79. The molecule has 2 aromatic rings. The maximum Gasteiger partial charge on any atom is 0.169 e. The fourth-order valence-corrected chi connectivity index (χ4v) is 2.07. The van der Waals surface area contributed by atoms with Crippen LogP contribution in [0.1, 0.15) is 31.0 Å². The summed E-state index contributed by atoms with van der Waals surface area (Å²) in [5.74, 6) is 0.123. The van der Waals surface area contributed by atoms with Crippen LogP contribution in [0.4, 0.5) is 10.2 Å². The molecule has 1 aromatic carbocycles. The molecule has 0 amide bonds. The third-order valence-corrected chi connectivity index (χ3v) is 2.99. The maximum absolute atomic E-state index is 13.8. The van der Waals surface area contributed by atoms with Gasteiger partial charge in [0.05, 0.1) is 17.3 Å². The molecule has 0 bridgehead atoms.